The minimum Gasteiger partial charge on any atom is -0.368 e. The van der Waals surface area contributed by atoms with Gasteiger partial charge in [-0.3, -0.25) is 0 Å². The summed E-state index contributed by atoms with van der Waals surface area (Å²) in [6.07, 6.45) is 0. The van der Waals surface area contributed by atoms with Crippen LogP contribution in [0.2, 0.25) is 0 Å². The number of anilines is 1. The van der Waals surface area contributed by atoms with E-state index in [2.05, 4.69) is 75.5 Å². The van der Waals surface area contributed by atoms with Gasteiger partial charge in [0.2, 0.25) is 0 Å². The Morgan fingerprint density at radius 1 is 1.04 bits per heavy atom. The van der Waals surface area contributed by atoms with Crippen LogP contribution in [0.4, 0.5) is 5.69 Å². The number of aromatic nitrogens is 1. The molecule has 1 N–H and O–H groups in total. The molecule has 1 aliphatic heterocycles. The summed E-state index contributed by atoms with van der Waals surface area (Å²) in [5.41, 5.74) is 5.75. The molecule has 130 valence electrons. The molecule has 5 heteroatoms. The van der Waals surface area contributed by atoms with Gasteiger partial charge in [-0.1, -0.05) is 30.3 Å². The second kappa shape index (κ2) is 7.73. The molecule has 0 spiro atoms. The predicted octanol–water partition coefficient (Wildman–Crippen LogP) is 4.80. The van der Waals surface area contributed by atoms with Crippen molar-refractivity contribution >= 4 is 44.9 Å². The Hall–Kier alpha value is -1.62. The summed E-state index contributed by atoms with van der Waals surface area (Å²) in [6, 6.07) is 17.1. The van der Waals surface area contributed by atoms with E-state index < -0.39 is 0 Å². The second-order valence-corrected chi connectivity index (χ2v) is 7.13. The van der Waals surface area contributed by atoms with E-state index in [1.807, 2.05) is 6.07 Å². The zero-order valence-corrected chi connectivity index (χ0v) is 16.5. The third-order valence-corrected chi connectivity index (χ3v) is 5.12. The summed E-state index contributed by atoms with van der Waals surface area (Å²) in [7, 11) is 0. The van der Waals surface area contributed by atoms with E-state index in [0.29, 0.717) is 0 Å². The van der Waals surface area contributed by atoms with Crippen molar-refractivity contribution in [1.29, 1.82) is 0 Å². The molecule has 0 saturated carbocycles. The Balaban J connectivity index is 0.00000182. The molecule has 1 fully saturated rings. The van der Waals surface area contributed by atoms with Crippen LogP contribution in [0.3, 0.4) is 0 Å². The monoisotopic (exact) mass is 417 g/mol. The Morgan fingerprint density at radius 2 is 1.76 bits per heavy atom. The number of aryl methyl sites for hydroxylation is 1. The van der Waals surface area contributed by atoms with Gasteiger partial charge in [0.15, 0.2) is 0 Å². The maximum absolute atomic E-state index is 4.95. The van der Waals surface area contributed by atoms with Gasteiger partial charge in [0.05, 0.1) is 11.2 Å². The van der Waals surface area contributed by atoms with Crippen LogP contribution in [-0.4, -0.2) is 31.2 Å². The van der Waals surface area contributed by atoms with Crippen molar-refractivity contribution < 1.29 is 0 Å². The Bertz CT molecular complexity index is 877. The van der Waals surface area contributed by atoms with E-state index in [-0.39, 0.29) is 12.4 Å². The topological polar surface area (TPSA) is 28.2 Å². The number of hydrogen-bond acceptors (Lipinski definition) is 3. The molecule has 25 heavy (non-hydrogen) atoms. The van der Waals surface area contributed by atoms with E-state index in [0.717, 1.165) is 47.4 Å². The summed E-state index contributed by atoms with van der Waals surface area (Å²) in [6.45, 7) is 6.24. The molecule has 4 rings (SSSR count). The number of pyridine rings is 1. The third-order valence-electron chi connectivity index (χ3n) is 4.52. The van der Waals surface area contributed by atoms with Gasteiger partial charge in [-0.25, -0.2) is 4.98 Å². The number of halogens is 2. The van der Waals surface area contributed by atoms with E-state index in [4.69, 9.17) is 4.98 Å². The molecule has 0 aliphatic carbocycles. The van der Waals surface area contributed by atoms with Crippen LogP contribution in [0.25, 0.3) is 22.2 Å². The minimum absolute atomic E-state index is 0. The lowest BCUT2D eigenvalue weighted by molar-refractivity contribution is 0.590. The molecular weight excluding hydrogens is 398 g/mol. The minimum atomic E-state index is 0. The molecule has 1 saturated heterocycles. The van der Waals surface area contributed by atoms with Crippen LogP contribution >= 0.6 is 28.3 Å². The second-order valence-electron chi connectivity index (χ2n) is 6.27. The van der Waals surface area contributed by atoms with Gasteiger partial charge in [0, 0.05) is 47.3 Å². The van der Waals surface area contributed by atoms with Gasteiger partial charge in [-0.15, -0.1) is 12.4 Å². The highest BCUT2D eigenvalue weighted by Crippen LogP contribution is 2.35. The Labute approximate surface area is 163 Å². The average molecular weight is 419 g/mol. The lowest BCUT2D eigenvalue weighted by Gasteiger charge is -2.31. The Morgan fingerprint density at radius 3 is 2.48 bits per heavy atom. The highest BCUT2D eigenvalue weighted by Gasteiger charge is 2.17. The van der Waals surface area contributed by atoms with Crippen LogP contribution in [0.5, 0.6) is 0 Å². The maximum Gasteiger partial charge on any atom is 0.0872 e. The van der Waals surface area contributed by atoms with Crippen LogP contribution in [-0.2, 0) is 0 Å². The number of nitrogens with zero attached hydrogens (tertiary/aromatic N) is 2. The fourth-order valence-electron chi connectivity index (χ4n) is 3.33. The van der Waals surface area contributed by atoms with Crippen LogP contribution in [0, 0.1) is 6.92 Å². The first-order valence-corrected chi connectivity index (χ1v) is 9.14. The highest BCUT2D eigenvalue weighted by atomic mass is 79.9. The van der Waals surface area contributed by atoms with E-state index in [9.17, 15) is 0 Å². The van der Waals surface area contributed by atoms with Crippen LogP contribution < -0.4 is 10.2 Å². The normalized spacial score (nSPS) is 14.4. The first-order valence-electron chi connectivity index (χ1n) is 8.34. The van der Waals surface area contributed by atoms with Gasteiger partial charge in [0.25, 0.3) is 0 Å². The number of fused-ring (bicyclic) bond motifs is 1. The summed E-state index contributed by atoms with van der Waals surface area (Å²) >= 11 is 3.72. The zero-order chi connectivity index (χ0) is 16.5. The smallest absolute Gasteiger partial charge is 0.0872 e. The SMILES string of the molecule is Cc1cc(Br)c2nc(-c3ccccc3)cc(N3CCNCC3)c2c1.Cl. The summed E-state index contributed by atoms with van der Waals surface area (Å²) < 4.78 is 1.06. The van der Waals surface area contributed by atoms with Crippen molar-refractivity contribution in [3.8, 4) is 11.3 Å². The molecule has 0 atom stereocenters. The highest BCUT2D eigenvalue weighted by molar-refractivity contribution is 9.10. The third kappa shape index (κ3) is 3.66. The zero-order valence-electron chi connectivity index (χ0n) is 14.1. The molecule has 1 aliphatic rings. The van der Waals surface area contributed by atoms with Crippen molar-refractivity contribution in [2.24, 2.45) is 0 Å². The van der Waals surface area contributed by atoms with Gasteiger partial charge in [-0.2, -0.15) is 0 Å². The standard InChI is InChI=1S/C20H20BrN3.ClH/c1-14-11-16-19(24-9-7-22-8-10-24)13-18(15-5-3-2-4-6-15)23-20(16)17(21)12-14;/h2-6,11-13,22H,7-10H2,1H3;1H. The number of hydrogen-bond donors (Lipinski definition) is 1. The molecule has 2 heterocycles. The summed E-state index contributed by atoms with van der Waals surface area (Å²) in [4.78, 5) is 7.42. The van der Waals surface area contributed by atoms with Crippen LogP contribution in [0.1, 0.15) is 5.56 Å². The molecule has 0 amide bonds. The summed E-state index contributed by atoms with van der Waals surface area (Å²) in [5.74, 6) is 0. The lowest BCUT2D eigenvalue weighted by Crippen LogP contribution is -2.43. The number of benzene rings is 2. The molecule has 1 aromatic heterocycles. The van der Waals surface area contributed by atoms with E-state index in [1.165, 1.54) is 16.6 Å². The van der Waals surface area contributed by atoms with Crippen molar-refractivity contribution in [2.45, 2.75) is 6.92 Å². The maximum atomic E-state index is 4.95. The average Bonchev–Trinajstić information content (AvgIpc) is 2.62. The molecule has 3 nitrogen and oxygen atoms in total. The number of rotatable bonds is 2. The molecular formula is C20H21BrClN3. The van der Waals surface area contributed by atoms with E-state index >= 15 is 0 Å². The van der Waals surface area contributed by atoms with Gasteiger partial charge in [-0.05, 0) is 46.6 Å². The summed E-state index contributed by atoms with van der Waals surface area (Å²) in [5, 5.41) is 4.66. The van der Waals surface area contributed by atoms with Gasteiger partial charge >= 0.3 is 0 Å². The number of nitrogens with one attached hydrogen (secondary N) is 1. The van der Waals surface area contributed by atoms with Crippen molar-refractivity contribution in [2.75, 3.05) is 31.1 Å². The van der Waals surface area contributed by atoms with Crippen LogP contribution in [0.15, 0.2) is 53.0 Å². The molecule has 0 bridgehead atoms. The Kier molecular flexibility index (Phi) is 5.62. The quantitative estimate of drug-likeness (QED) is 0.647. The predicted molar refractivity (Wildman–Crippen MR) is 112 cm³/mol. The molecule has 0 unspecified atom stereocenters. The molecule has 3 aromatic rings. The lowest BCUT2D eigenvalue weighted by atomic mass is 10.0. The van der Waals surface area contributed by atoms with Crippen molar-refractivity contribution in [1.82, 2.24) is 10.3 Å². The number of piperazine rings is 1. The molecule has 0 radical (unpaired) electrons. The van der Waals surface area contributed by atoms with Crippen molar-refractivity contribution in [3.05, 3.63) is 58.6 Å². The van der Waals surface area contributed by atoms with Gasteiger partial charge < -0.3 is 10.2 Å². The largest absolute Gasteiger partial charge is 0.368 e. The van der Waals surface area contributed by atoms with E-state index in [1.54, 1.807) is 0 Å². The van der Waals surface area contributed by atoms with Gasteiger partial charge in [0.1, 0.15) is 0 Å². The fourth-order valence-corrected chi connectivity index (χ4v) is 3.99. The van der Waals surface area contributed by atoms with Crippen molar-refractivity contribution in [3.63, 3.8) is 0 Å². The molecule has 2 aromatic carbocycles. The first-order chi connectivity index (χ1) is 11.7. The fraction of sp³-hybridized carbons (Fsp3) is 0.250. The first kappa shape index (κ1) is 18.2.